The zero-order chi connectivity index (χ0) is 56.4. The Morgan fingerprint density at radius 3 is 1.50 bits per heavy atom. The number of nitro benzene ring substituents is 1. The number of aromatic nitrogens is 4. The number of carbonyl (C=O) groups is 5. The number of para-hydroxylation sites is 2. The second-order valence-corrected chi connectivity index (χ2v) is 24.0. The molecule has 3 amide bonds. The van der Waals surface area contributed by atoms with E-state index in [2.05, 4.69) is 45.8 Å². The number of carbonyl (C=O) groups excluding carboxylic acids is 5. The molecule has 0 spiro atoms. The van der Waals surface area contributed by atoms with E-state index in [1.807, 2.05) is 63.9 Å². The molecule has 4 fully saturated rings. The highest BCUT2D eigenvalue weighted by molar-refractivity contribution is 5.97. The highest BCUT2D eigenvalue weighted by atomic mass is 35.5. The van der Waals surface area contributed by atoms with Gasteiger partial charge in [0.1, 0.15) is 18.2 Å². The number of amides is 3. The van der Waals surface area contributed by atoms with Crippen molar-refractivity contribution in [2.24, 2.45) is 49.6 Å². The Morgan fingerprint density at radius 2 is 1.04 bits per heavy atom. The summed E-state index contributed by atoms with van der Waals surface area (Å²) in [6.45, 7) is 4.43. The second kappa shape index (κ2) is 28.0. The summed E-state index contributed by atoms with van der Waals surface area (Å²) in [6.07, 6.45) is 20.9. The van der Waals surface area contributed by atoms with Crippen LogP contribution in [0.3, 0.4) is 0 Å². The van der Waals surface area contributed by atoms with Crippen LogP contribution in [0.4, 0.5) is 21.9 Å². The Bertz CT molecular complexity index is 3020. The zero-order valence-corrected chi connectivity index (χ0v) is 48.7. The molecule has 2 aliphatic carbocycles. The maximum Gasteiger partial charge on any atom is 0.410 e. The van der Waals surface area contributed by atoms with E-state index in [0.717, 1.165) is 162 Å². The van der Waals surface area contributed by atoms with Gasteiger partial charge in [-0.3, -0.25) is 38.7 Å². The molecule has 1 N–H and O–H groups in total. The number of likely N-dealkylation sites (tertiary alicyclic amines) is 1. The number of hydrogen-bond donors (Lipinski definition) is 1. The number of piperidine rings is 2. The van der Waals surface area contributed by atoms with Crippen LogP contribution in [-0.2, 0) is 70.5 Å². The molecule has 3 aromatic carbocycles. The van der Waals surface area contributed by atoms with Crippen LogP contribution in [0.5, 0.6) is 0 Å². The number of halogens is 1. The van der Waals surface area contributed by atoms with Gasteiger partial charge in [-0.05, 0) is 168 Å². The maximum absolute atomic E-state index is 13.9. The number of hydrogen-bond acceptors (Lipinski definition) is 11. The number of rotatable bonds is 15. The van der Waals surface area contributed by atoms with Crippen molar-refractivity contribution in [3.63, 3.8) is 0 Å². The van der Waals surface area contributed by atoms with Gasteiger partial charge in [0.05, 0.1) is 30.4 Å². The average molecular weight is 1140 g/mol. The SMILES string of the molecule is Cl.Cn1ncc2c1Cc1ccccc1N(C(=O)C1CCC(CCC(=O)CC3CCN(C(=O)OCc4ccc([N+](=O)[O-])cc4)CC3)CC1)C2.Cn1ncc2c1Cc1ccccc1N(C(=O)C1CCC(CCC(=O)CC3CCNCC3)CC1)C2. The van der Waals surface area contributed by atoms with Crippen LogP contribution in [0, 0.1) is 45.6 Å². The highest BCUT2D eigenvalue weighted by Crippen LogP contribution is 2.39. The molecule has 82 heavy (non-hydrogen) atoms. The molecular weight excluding hydrogens is 1060 g/mol. The number of ether oxygens (including phenoxy) is 1. The highest BCUT2D eigenvalue weighted by Gasteiger charge is 2.36. The third kappa shape index (κ3) is 14.9. The predicted octanol–water partition coefficient (Wildman–Crippen LogP) is 11.2. The molecule has 6 heterocycles. The third-order valence-electron chi connectivity index (χ3n) is 18.7. The lowest BCUT2D eigenvalue weighted by Crippen LogP contribution is -2.39. The molecule has 0 unspecified atom stereocenters. The van der Waals surface area contributed by atoms with Gasteiger partial charge in [0, 0.05) is 124 Å². The van der Waals surface area contributed by atoms with Gasteiger partial charge in [-0.15, -0.1) is 12.4 Å². The minimum Gasteiger partial charge on any atom is -0.445 e. The number of Topliss-reactive ketones (excluding diaryl/α,β-unsaturated/α-hetero) is 2. The molecule has 0 radical (unpaired) electrons. The quantitative estimate of drug-likeness (QED) is 0.0774. The Labute approximate surface area is 488 Å². The van der Waals surface area contributed by atoms with E-state index in [1.165, 1.54) is 23.4 Å². The summed E-state index contributed by atoms with van der Waals surface area (Å²) in [6, 6.07) is 22.5. The van der Waals surface area contributed by atoms with Crippen LogP contribution in [0.2, 0.25) is 0 Å². The maximum atomic E-state index is 13.9. The van der Waals surface area contributed by atoms with Gasteiger partial charge in [0.15, 0.2) is 0 Å². The van der Waals surface area contributed by atoms with Crippen molar-refractivity contribution >= 4 is 58.9 Å². The largest absolute Gasteiger partial charge is 0.445 e. The van der Waals surface area contributed by atoms with E-state index in [9.17, 15) is 34.1 Å². The van der Waals surface area contributed by atoms with Crippen molar-refractivity contribution in [2.75, 3.05) is 36.0 Å². The molecule has 17 nitrogen and oxygen atoms in total. The van der Waals surface area contributed by atoms with Gasteiger partial charge in [-0.25, -0.2) is 4.79 Å². The predicted molar refractivity (Wildman–Crippen MR) is 316 cm³/mol. The summed E-state index contributed by atoms with van der Waals surface area (Å²) >= 11 is 0. The fraction of sp³-hybridized carbons (Fsp3) is 0.547. The minimum atomic E-state index is -0.464. The first kappa shape index (κ1) is 59.9. The molecular formula is C64H82ClN9O8. The van der Waals surface area contributed by atoms with Gasteiger partial charge in [-0.2, -0.15) is 10.2 Å². The monoisotopic (exact) mass is 1140 g/mol. The Morgan fingerprint density at radius 1 is 0.585 bits per heavy atom. The van der Waals surface area contributed by atoms with E-state index >= 15 is 0 Å². The normalized spacial score (nSPS) is 20.9. The zero-order valence-electron chi connectivity index (χ0n) is 47.9. The number of nitrogens with one attached hydrogen (secondary N) is 1. The summed E-state index contributed by atoms with van der Waals surface area (Å²) in [5.74, 6) is 3.17. The molecule has 18 heteroatoms. The molecule has 4 aliphatic heterocycles. The molecule has 2 saturated heterocycles. The van der Waals surface area contributed by atoms with E-state index in [1.54, 1.807) is 17.0 Å². The van der Waals surface area contributed by atoms with Crippen LogP contribution in [0.15, 0.2) is 85.2 Å². The van der Waals surface area contributed by atoms with Gasteiger partial charge in [-0.1, -0.05) is 36.4 Å². The summed E-state index contributed by atoms with van der Waals surface area (Å²) < 4.78 is 9.27. The number of nitro groups is 1. The van der Waals surface area contributed by atoms with Crippen LogP contribution >= 0.6 is 12.4 Å². The fourth-order valence-corrected chi connectivity index (χ4v) is 13.6. The molecule has 5 aromatic rings. The summed E-state index contributed by atoms with van der Waals surface area (Å²) in [4.78, 5) is 81.5. The number of nitrogens with zero attached hydrogens (tertiary/aromatic N) is 8. The van der Waals surface area contributed by atoms with Crippen molar-refractivity contribution in [1.29, 1.82) is 0 Å². The van der Waals surface area contributed by atoms with Gasteiger partial charge in [0.25, 0.3) is 5.69 Å². The van der Waals surface area contributed by atoms with Gasteiger partial charge in [0.2, 0.25) is 11.8 Å². The topological polar surface area (TPSA) is 195 Å². The number of benzene rings is 3. The van der Waals surface area contributed by atoms with Gasteiger partial charge < -0.3 is 24.8 Å². The van der Waals surface area contributed by atoms with Crippen molar-refractivity contribution in [3.8, 4) is 0 Å². The van der Waals surface area contributed by atoms with E-state index in [-0.39, 0.29) is 60.1 Å². The molecule has 0 bridgehead atoms. The number of aryl methyl sites for hydroxylation is 2. The summed E-state index contributed by atoms with van der Waals surface area (Å²) in [5.41, 5.74) is 9.70. The van der Waals surface area contributed by atoms with E-state index in [4.69, 9.17) is 4.74 Å². The Kier molecular flexibility index (Phi) is 20.5. The lowest BCUT2D eigenvalue weighted by Gasteiger charge is -2.32. The number of anilines is 2. The first-order chi connectivity index (χ1) is 39.3. The summed E-state index contributed by atoms with van der Waals surface area (Å²) in [5, 5.41) is 23.1. The third-order valence-corrected chi connectivity index (χ3v) is 18.7. The molecule has 6 aliphatic rings. The first-order valence-electron chi connectivity index (χ1n) is 30.0. The molecule has 438 valence electrons. The molecule has 2 aromatic heterocycles. The van der Waals surface area contributed by atoms with Crippen molar-refractivity contribution in [2.45, 2.75) is 148 Å². The number of non-ortho nitro benzene ring substituents is 1. The number of ketones is 2. The van der Waals surface area contributed by atoms with Crippen molar-refractivity contribution < 1.29 is 33.6 Å². The number of fused-ring (bicyclic) bond motifs is 4. The van der Waals surface area contributed by atoms with Gasteiger partial charge >= 0.3 is 6.09 Å². The molecule has 0 atom stereocenters. The standard InChI is InChI=1S/C36H43N5O6.C28H38N4O2.ClH/c1-38-34-21-29-4-2-3-5-33(29)40(23-30(34)22-37-38)35(43)28-11-6-25(7-12-28)10-15-32(42)20-26-16-18-39(19-17-26)36(44)47-24-27-8-13-31(14-9-27)41(45)46;1-31-27-17-23-4-2-3-5-26(23)32(19-24(27)18-30-31)28(34)22-9-6-20(7-10-22)8-11-25(33)16-21-12-14-29-15-13-21;/h2-5,8-9,13-14,22,25-26,28H,6-7,10-12,15-21,23-24H2,1H3;2-5,18,20-22,29H,6-17,19H2,1H3;1H. The van der Waals surface area contributed by atoms with Crippen molar-refractivity contribution in [3.05, 3.63) is 135 Å². The van der Waals surface area contributed by atoms with Crippen LogP contribution < -0.4 is 15.1 Å². The van der Waals surface area contributed by atoms with Crippen LogP contribution in [0.25, 0.3) is 0 Å². The Hall–Kier alpha value is -6.72. The Balaban J connectivity index is 0.000000205. The lowest BCUT2D eigenvalue weighted by atomic mass is 9.78. The lowest BCUT2D eigenvalue weighted by molar-refractivity contribution is -0.384. The minimum absolute atomic E-state index is 0. The van der Waals surface area contributed by atoms with Crippen molar-refractivity contribution in [1.82, 2.24) is 29.8 Å². The van der Waals surface area contributed by atoms with Crippen LogP contribution in [-0.4, -0.2) is 85.0 Å². The van der Waals surface area contributed by atoms with Crippen LogP contribution in [0.1, 0.15) is 155 Å². The van der Waals surface area contributed by atoms with E-state index < -0.39 is 11.0 Å². The smallest absolute Gasteiger partial charge is 0.410 e. The molecule has 2 saturated carbocycles. The second-order valence-electron chi connectivity index (χ2n) is 24.0. The first-order valence-corrected chi connectivity index (χ1v) is 30.0. The summed E-state index contributed by atoms with van der Waals surface area (Å²) in [7, 11) is 3.94. The fourth-order valence-electron chi connectivity index (χ4n) is 13.6. The van der Waals surface area contributed by atoms with E-state index in [0.29, 0.717) is 68.1 Å². The average Bonchev–Trinajstić information content (AvgIpc) is 3.91. The molecule has 11 rings (SSSR count).